The van der Waals surface area contributed by atoms with Gasteiger partial charge in [-0.15, -0.1) is 36.2 Å². The topological polar surface area (TPSA) is 96.5 Å². The standard InChI is InChI=1S/C17H21N5O2S2.2ClH/c18-16-20-13(4-14(21-16)26-15-2-1-3-25-15)22-6-11-10(7-23)12-5-19-8-17(11,9-22)24-12;;/h1-4,10-12,19,23H,5-9H2,(H2,18,20,21);2*1H/t10-,11+,12+,17+;;/m0../s1. The van der Waals surface area contributed by atoms with E-state index in [1.54, 1.807) is 23.1 Å². The van der Waals surface area contributed by atoms with E-state index in [1.165, 1.54) is 4.21 Å². The van der Waals surface area contributed by atoms with Gasteiger partial charge in [-0.05, 0) is 11.4 Å². The molecule has 154 valence electrons. The maximum Gasteiger partial charge on any atom is 0.223 e. The fraction of sp³-hybridized carbons (Fsp3) is 0.529. The number of halogens is 2. The molecule has 5 heterocycles. The number of nitrogens with two attached hydrogens (primary N) is 1. The average molecular weight is 464 g/mol. The normalized spacial score (nSPS) is 30.5. The number of nitrogen functional groups attached to an aromatic ring is 1. The number of rotatable bonds is 4. The highest BCUT2D eigenvalue weighted by molar-refractivity contribution is 8.01. The van der Waals surface area contributed by atoms with E-state index in [4.69, 9.17) is 10.5 Å². The van der Waals surface area contributed by atoms with Crippen LogP contribution in [-0.2, 0) is 4.74 Å². The number of aliphatic hydroxyl groups excluding tert-OH is 1. The summed E-state index contributed by atoms with van der Waals surface area (Å²) in [5, 5.41) is 16.2. The molecule has 2 aromatic heterocycles. The highest BCUT2D eigenvalue weighted by Gasteiger charge is 2.60. The maximum absolute atomic E-state index is 9.87. The SMILES string of the molecule is Cl.Cl.Nc1nc(Sc2cccs2)cc(N2C[C@@H]3[C@H](CO)[C@H]4CNC[C@]3(C2)O4)n1. The van der Waals surface area contributed by atoms with Gasteiger partial charge in [0.15, 0.2) is 0 Å². The zero-order valence-corrected chi connectivity index (χ0v) is 18.3. The van der Waals surface area contributed by atoms with Crippen LogP contribution < -0.4 is 16.0 Å². The first kappa shape index (κ1) is 21.9. The van der Waals surface area contributed by atoms with Crippen LogP contribution in [0, 0.1) is 11.8 Å². The first-order valence-electron chi connectivity index (χ1n) is 8.77. The van der Waals surface area contributed by atoms with Gasteiger partial charge >= 0.3 is 0 Å². The summed E-state index contributed by atoms with van der Waals surface area (Å²) in [6, 6.07) is 6.10. The Hall–Kier alpha value is -0.810. The van der Waals surface area contributed by atoms with Gasteiger partial charge in [0.25, 0.3) is 0 Å². The van der Waals surface area contributed by atoms with E-state index < -0.39 is 0 Å². The number of fused-ring (bicyclic) bond motifs is 1. The smallest absolute Gasteiger partial charge is 0.223 e. The molecule has 3 aliphatic heterocycles. The fourth-order valence-electron chi connectivity index (χ4n) is 4.54. The second-order valence-electron chi connectivity index (χ2n) is 7.14. The van der Waals surface area contributed by atoms with E-state index in [9.17, 15) is 5.11 Å². The van der Waals surface area contributed by atoms with Crippen LogP contribution >= 0.6 is 47.9 Å². The van der Waals surface area contributed by atoms with Crippen molar-refractivity contribution in [1.82, 2.24) is 15.3 Å². The molecule has 2 bridgehead atoms. The predicted octanol–water partition coefficient (Wildman–Crippen LogP) is 1.90. The number of hydrogen-bond acceptors (Lipinski definition) is 9. The van der Waals surface area contributed by atoms with Crippen molar-refractivity contribution < 1.29 is 9.84 Å². The molecule has 28 heavy (non-hydrogen) atoms. The van der Waals surface area contributed by atoms with E-state index in [2.05, 4.69) is 26.3 Å². The Morgan fingerprint density at radius 3 is 3.04 bits per heavy atom. The number of aliphatic hydroxyl groups is 1. The number of aromatic nitrogens is 2. The second kappa shape index (κ2) is 8.51. The highest BCUT2D eigenvalue weighted by Crippen LogP contribution is 2.48. The Morgan fingerprint density at radius 1 is 1.43 bits per heavy atom. The van der Waals surface area contributed by atoms with Crippen LogP contribution in [0.3, 0.4) is 0 Å². The molecule has 4 atom stereocenters. The molecule has 4 N–H and O–H groups in total. The Labute approximate surface area is 184 Å². The van der Waals surface area contributed by atoms with E-state index >= 15 is 0 Å². The summed E-state index contributed by atoms with van der Waals surface area (Å²) in [6.07, 6.45) is 0.112. The summed E-state index contributed by atoms with van der Waals surface area (Å²) >= 11 is 3.28. The third-order valence-corrected chi connectivity index (χ3v) is 7.60. The quantitative estimate of drug-likeness (QED) is 0.591. The summed E-state index contributed by atoms with van der Waals surface area (Å²) < 4.78 is 7.54. The number of thiophene rings is 1. The molecule has 3 aliphatic rings. The molecule has 0 saturated carbocycles. The van der Waals surface area contributed by atoms with E-state index in [0.29, 0.717) is 5.92 Å². The molecule has 0 unspecified atom stereocenters. The van der Waals surface area contributed by atoms with Crippen molar-refractivity contribution in [2.24, 2.45) is 11.8 Å². The van der Waals surface area contributed by atoms with Gasteiger partial charge in [-0.25, -0.2) is 4.98 Å². The number of hydrogen-bond donors (Lipinski definition) is 3. The van der Waals surface area contributed by atoms with Gasteiger partial charge in [0.2, 0.25) is 5.95 Å². The van der Waals surface area contributed by atoms with Gasteiger partial charge in [0.05, 0.1) is 16.9 Å². The number of nitrogens with zero attached hydrogens (tertiary/aromatic N) is 3. The van der Waals surface area contributed by atoms with Gasteiger partial charge in [0, 0.05) is 44.1 Å². The van der Waals surface area contributed by atoms with Gasteiger partial charge in [-0.1, -0.05) is 17.8 Å². The number of morpholine rings is 1. The van der Waals surface area contributed by atoms with Crippen molar-refractivity contribution in [1.29, 1.82) is 0 Å². The largest absolute Gasteiger partial charge is 0.396 e. The Balaban J connectivity index is 0.00000112. The van der Waals surface area contributed by atoms with Crippen LogP contribution in [0.2, 0.25) is 0 Å². The van der Waals surface area contributed by atoms with Crippen molar-refractivity contribution in [3.63, 3.8) is 0 Å². The third kappa shape index (κ3) is 3.69. The molecule has 11 heteroatoms. The second-order valence-corrected chi connectivity index (χ2v) is 9.41. The van der Waals surface area contributed by atoms with E-state index in [0.717, 1.165) is 37.0 Å². The number of ether oxygens (including phenoxy) is 1. The summed E-state index contributed by atoms with van der Waals surface area (Å²) in [6.45, 7) is 3.39. The molecule has 1 spiro atoms. The molecule has 0 aliphatic carbocycles. The van der Waals surface area contributed by atoms with Crippen molar-refractivity contribution in [3.8, 4) is 0 Å². The molecule has 0 radical (unpaired) electrons. The van der Waals surface area contributed by atoms with Crippen molar-refractivity contribution in [3.05, 3.63) is 23.6 Å². The van der Waals surface area contributed by atoms with Crippen molar-refractivity contribution in [2.75, 3.05) is 43.4 Å². The van der Waals surface area contributed by atoms with E-state index in [-0.39, 0.29) is 55.0 Å². The summed E-state index contributed by atoms with van der Waals surface area (Å²) in [7, 11) is 0. The Bertz CT molecular complexity index is 815. The molecule has 0 aromatic carbocycles. The minimum atomic E-state index is -0.239. The van der Waals surface area contributed by atoms with Crippen LogP contribution in [0.5, 0.6) is 0 Å². The maximum atomic E-state index is 9.87. The highest BCUT2D eigenvalue weighted by atomic mass is 35.5. The lowest BCUT2D eigenvalue weighted by atomic mass is 9.83. The van der Waals surface area contributed by atoms with E-state index in [1.807, 2.05) is 17.5 Å². The lowest BCUT2D eigenvalue weighted by Gasteiger charge is -2.34. The predicted molar refractivity (Wildman–Crippen MR) is 116 cm³/mol. The monoisotopic (exact) mass is 463 g/mol. The Morgan fingerprint density at radius 2 is 2.29 bits per heavy atom. The summed E-state index contributed by atoms with van der Waals surface area (Å²) in [4.78, 5) is 11.1. The summed E-state index contributed by atoms with van der Waals surface area (Å²) in [5.74, 6) is 1.60. The molecule has 7 nitrogen and oxygen atoms in total. The molecule has 2 aromatic rings. The first-order chi connectivity index (χ1) is 12.7. The van der Waals surface area contributed by atoms with Crippen LogP contribution in [0.1, 0.15) is 0 Å². The van der Waals surface area contributed by atoms with Gasteiger partial charge in [0.1, 0.15) is 16.4 Å². The number of anilines is 2. The van der Waals surface area contributed by atoms with Crippen LogP contribution in [0.25, 0.3) is 0 Å². The Kier molecular flexibility index (Phi) is 6.65. The van der Waals surface area contributed by atoms with Crippen LogP contribution in [-0.4, -0.2) is 59.6 Å². The molecular formula is C17H23Cl2N5O2S2. The van der Waals surface area contributed by atoms with Crippen LogP contribution in [0.15, 0.2) is 32.8 Å². The zero-order valence-electron chi connectivity index (χ0n) is 15.0. The van der Waals surface area contributed by atoms with Gasteiger partial charge < -0.3 is 25.8 Å². The summed E-state index contributed by atoms with van der Waals surface area (Å²) in [5.41, 5.74) is 5.74. The number of nitrogens with one attached hydrogen (secondary N) is 1. The molecule has 5 rings (SSSR count). The van der Waals surface area contributed by atoms with Gasteiger partial charge in [-0.3, -0.25) is 0 Å². The minimum Gasteiger partial charge on any atom is -0.396 e. The first-order valence-corrected chi connectivity index (χ1v) is 10.5. The lowest BCUT2D eigenvalue weighted by Crippen LogP contribution is -2.52. The third-order valence-electron chi connectivity index (χ3n) is 5.64. The minimum absolute atomic E-state index is 0. The fourth-order valence-corrected chi connectivity index (χ4v) is 6.26. The molecular weight excluding hydrogens is 441 g/mol. The van der Waals surface area contributed by atoms with Crippen LogP contribution in [0.4, 0.5) is 11.8 Å². The lowest BCUT2D eigenvalue weighted by molar-refractivity contribution is -0.0654. The molecule has 3 saturated heterocycles. The zero-order chi connectivity index (χ0) is 17.7. The molecule has 3 fully saturated rings. The average Bonchev–Trinajstić information content (AvgIpc) is 3.28. The van der Waals surface area contributed by atoms with Crippen molar-refractivity contribution >= 4 is 59.7 Å². The van der Waals surface area contributed by atoms with Crippen molar-refractivity contribution in [2.45, 2.75) is 20.9 Å². The van der Waals surface area contributed by atoms with Gasteiger partial charge in [-0.2, -0.15) is 4.98 Å². The molecule has 0 amide bonds.